The smallest absolute Gasteiger partial charge is 0.330 e. The number of hydrogen-bond acceptors (Lipinski definition) is 6. The summed E-state index contributed by atoms with van der Waals surface area (Å²) in [6.45, 7) is 7.69. The molecule has 0 saturated carbocycles. The Morgan fingerprint density at radius 1 is 1.31 bits per heavy atom. The number of alkyl halides is 2. The Labute approximate surface area is 150 Å². The van der Waals surface area contributed by atoms with Crippen LogP contribution in [0, 0.1) is 0 Å². The lowest BCUT2D eigenvalue weighted by Gasteiger charge is -2.41. The van der Waals surface area contributed by atoms with Gasteiger partial charge in [0.25, 0.3) is 14.1 Å². The number of halogens is 2. The molecule has 0 amide bonds. The number of H-pyrrole nitrogens is 1. The quantitative estimate of drug-likeness (QED) is 0.786. The third kappa shape index (κ3) is 3.36. The first kappa shape index (κ1) is 19.6. The van der Waals surface area contributed by atoms with Crippen molar-refractivity contribution < 1.29 is 22.6 Å². The van der Waals surface area contributed by atoms with Crippen LogP contribution >= 0.6 is 8.53 Å². The van der Waals surface area contributed by atoms with E-state index in [2.05, 4.69) is 0 Å². The molecule has 0 bridgehead atoms. The van der Waals surface area contributed by atoms with Crippen molar-refractivity contribution in [3.05, 3.63) is 33.1 Å². The molecule has 11 heteroatoms. The predicted octanol–water partition coefficient (Wildman–Crippen LogP) is 1.83. The second-order valence-electron chi connectivity index (χ2n) is 6.85. The Kier molecular flexibility index (Phi) is 5.33. The zero-order valence-corrected chi connectivity index (χ0v) is 15.8. The number of hydrogen-bond donors (Lipinski definition) is 1. The molecule has 3 rings (SSSR count). The third-order valence-electron chi connectivity index (χ3n) is 4.25. The summed E-state index contributed by atoms with van der Waals surface area (Å²) >= 11 is 0. The molecule has 0 spiro atoms. The minimum absolute atomic E-state index is 0.0474. The molecule has 8 nitrogen and oxygen atoms in total. The maximum Gasteiger partial charge on any atom is 0.330 e. The molecular weight excluding hydrogens is 371 g/mol. The average molecular weight is 393 g/mol. The summed E-state index contributed by atoms with van der Waals surface area (Å²) in [5.41, 5.74) is -1.63. The van der Waals surface area contributed by atoms with E-state index in [9.17, 15) is 18.4 Å². The fourth-order valence-corrected chi connectivity index (χ4v) is 5.01. The van der Waals surface area contributed by atoms with E-state index < -0.39 is 44.1 Å². The van der Waals surface area contributed by atoms with Crippen molar-refractivity contribution in [2.24, 2.45) is 0 Å². The zero-order chi connectivity index (χ0) is 19.2. The van der Waals surface area contributed by atoms with Crippen molar-refractivity contribution in [3.63, 3.8) is 0 Å². The SMILES string of the molecule is CC(C)N(C(C)C)P1OC[C@H]2O[C@@H](n3ccc(=O)[nH]c3=O)C(F)(F)[C@@H]2O1. The summed E-state index contributed by atoms with van der Waals surface area (Å²) in [5, 5.41) is 0. The van der Waals surface area contributed by atoms with Gasteiger partial charge in [-0.1, -0.05) is 0 Å². The van der Waals surface area contributed by atoms with Crippen molar-refractivity contribution in [2.75, 3.05) is 6.61 Å². The Bertz CT molecular complexity index is 760. The number of rotatable bonds is 4. The molecule has 26 heavy (non-hydrogen) atoms. The molecule has 1 unspecified atom stereocenters. The number of ether oxygens (including phenoxy) is 1. The van der Waals surface area contributed by atoms with Crippen LogP contribution in [0.1, 0.15) is 33.9 Å². The van der Waals surface area contributed by atoms with Crippen molar-refractivity contribution >= 4 is 8.53 Å². The maximum absolute atomic E-state index is 15.0. The number of fused-ring (bicyclic) bond motifs is 1. The van der Waals surface area contributed by atoms with Crippen LogP contribution in [0.15, 0.2) is 21.9 Å². The Balaban J connectivity index is 1.87. The Morgan fingerprint density at radius 2 is 1.96 bits per heavy atom. The number of nitrogens with one attached hydrogen (secondary N) is 1. The summed E-state index contributed by atoms with van der Waals surface area (Å²) in [4.78, 5) is 25.0. The topological polar surface area (TPSA) is 85.8 Å². The van der Waals surface area contributed by atoms with Crippen LogP contribution in [0.25, 0.3) is 0 Å². The number of nitrogens with zero attached hydrogens (tertiary/aromatic N) is 2. The lowest BCUT2D eigenvalue weighted by Crippen LogP contribution is -2.47. The van der Waals surface area contributed by atoms with E-state index in [1.807, 2.05) is 37.3 Å². The molecular formula is C15H22F2N3O5P. The van der Waals surface area contributed by atoms with Gasteiger partial charge in [-0.15, -0.1) is 0 Å². The van der Waals surface area contributed by atoms with Crippen LogP contribution in [0.2, 0.25) is 0 Å². The molecule has 146 valence electrons. The second-order valence-corrected chi connectivity index (χ2v) is 8.25. The van der Waals surface area contributed by atoms with E-state index in [1.165, 1.54) is 0 Å². The van der Waals surface area contributed by atoms with Crippen LogP contribution < -0.4 is 11.2 Å². The molecule has 0 aliphatic carbocycles. The molecule has 1 aromatic rings. The molecule has 1 N–H and O–H groups in total. The van der Waals surface area contributed by atoms with Gasteiger partial charge in [0, 0.05) is 24.3 Å². The van der Waals surface area contributed by atoms with Crippen LogP contribution in [0.5, 0.6) is 0 Å². The first-order valence-electron chi connectivity index (χ1n) is 8.35. The minimum Gasteiger partial charge on any atom is -0.343 e. The van der Waals surface area contributed by atoms with Gasteiger partial charge < -0.3 is 13.8 Å². The van der Waals surface area contributed by atoms with E-state index in [-0.39, 0.29) is 18.7 Å². The molecule has 3 heterocycles. The fraction of sp³-hybridized carbons (Fsp3) is 0.733. The Morgan fingerprint density at radius 3 is 2.54 bits per heavy atom. The van der Waals surface area contributed by atoms with Gasteiger partial charge in [-0.05, 0) is 27.7 Å². The monoisotopic (exact) mass is 393 g/mol. The van der Waals surface area contributed by atoms with Crippen LogP contribution in [-0.2, 0) is 13.8 Å². The van der Waals surface area contributed by atoms with Crippen molar-refractivity contribution in [2.45, 2.75) is 64.1 Å². The number of aromatic nitrogens is 2. The maximum atomic E-state index is 15.0. The molecule has 2 aliphatic rings. The standard InChI is InChI=1S/C15H22F2N3O5P/c1-8(2)20(9(3)4)26-23-7-10-12(25-26)15(16,17)13(24-10)19-6-5-11(21)18-14(19)22/h5-6,8-10,12-13H,7H2,1-4H3,(H,18,21,22)/t10-,12-,13-,26?/m1/s1. The highest BCUT2D eigenvalue weighted by Crippen LogP contribution is 2.57. The molecule has 2 aliphatic heterocycles. The van der Waals surface area contributed by atoms with E-state index in [4.69, 9.17) is 13.8 Å². The van der Waals surface area contributed by atoms with Crippen LogP contribution in [0.3, 0.4) is 0 Å². The normalized spacial score (nSPS) is 31.0. The first-order chi connectivity index (χ1) is 12.1. The van der Waals surface area contributed by atoms with Gasteiger partial charge >= 0.3 is 11.6 Å². The van der Waals surface area contributed by atoms with Gasteiger partial charge in [-0.2, -0.15) is 8.78 Å². The van der Waals surface area contributed by atoms with E-state index in [0.29, 0.717) is 4.57 Å². The lowest BCUT2D eigenvalue weighted by atomic mass is 10.1. The summed E-state index contributed by atoms with van der Waals surface area (Å²) in [7, 11) is -1.68. The van der Waals surface area contributed by atoms with E-state index in [0.717, 1.165) is 12.3 Å². The average Bonchev–Trinajstić information content (AvgIpc) is 2.78. The first-order valence-corrected chi connectivity index (χ1v) is 9.48. The molecule has 1 aromatic heterocycles. The van der Waals surface area contributed by atoms with E-state index >= 15 is 0 Å². The van der Waals surface area contributed by atoms with Gasteiger partial charge in [-0.25, -0.2) is 9.46 Å². The van der Waals surface area contributed by atoms with Crippen LogP contribution in [0.4, 0.5) is 8.78 Å². The summed E-state index contributed by atoms with van der Waals surface area (Å²) < 4.78 is 49.2. The van der Waals surface area contributed by atoms with Gasteiger partial charge in [0.2, 0.25) is 6.23 Å². The summed E-state index contributed by atoms with van der Waals surface area (Å²) in [5.74, 6) is -3.46. The lowest BCUT2D eigenvalue weighted by molar-refractivity contribution is -0.135. The highest BCUT2D eigenvalue weighted by molar-refractivity contribution is 7.44. The highest BCUT2D eigenvalue weighted by atomic mass is 31.2. The molecule has 4 atom stereocenters. The molecule has 2 fully saturated rings. The third-order valence-corrected chi connectivity index (χ3v) is 6.33. The zero-order valence-electron chi connectivity index (χ0n) is 14.9. The van der Waals surface area contributed by atoms with Crippen molar-refractivity contribution in [3.8, 4) is 0 Å². The van der Waals surface area contributed by atoms with Gasteiger partial charge in [0.15, 0.2) is 6.10 Å². The van der Waals surface area contributed by atoms with Crippen molar-refractivity contribution in [1.82, 2.24) is 14.2 Å². The second kappa shape index (κ2) is 7.09. The molecule has 0 radical (unpaired) electrons. The Hall–Kier alpha value is -1.19. The molecule has 0 aromatic carbocycles. The summed E-state index contributed by atoms with van der Waals surface area (Å²) in [6, 6.07) is 1.09. The van der Waals surface area contributed by atoms with E-state index in [1.54, 1.807) is 0 Å². The highest BCUT2D eigenvalue weighted by Gasteiger charge is 2.64. The number of aromatic amines is 1. The predicted molar refractivity (Wildman–Crippen MR) is 90.0 cm³/mol. The van der Waals surface area contributed by atoms with Gasteiger partial charge in [-0.3, -0.25) is 14.3 Å². The largest absolute Gasteiger partial charge is 0.343 e. The minimum atomic E-state index is -3.46. The summed E-state index contributed by atoms with van der Waals surface area (Å²) in [6.07, 6.45) is -3.41. The molecule has 2 saturated heterocycles. The van der Waals surface area contributed by atoms with Gasteiger partial charge in [0.1, 0.15) is 6.10 Å². The van der Waals surface area contributed by atoms with Crippen molar-refractivity contribution in [1.29, 1.82) is 0 Å². The fourth-order valence-electron chi connectivity index (χ4n) is 3.20. The van der Waals surface area contributed by atoms with Gasteiger partial charge in [0.05, 0.1) is 6.61 Å². The van der Waals surface area contributed by atoms with Crippen LogP contribution in [-0.4, -0.2) is 51.0 Å².